The van der Waals surface area contributed by atoms with Gasteiger partial charge in [0, 0.05) is 19.6 Å². The van der Waals surface area contributed by atoms with E-state index in [1.807, 2.05) is 13.8 Å². The SMILES string of the molecule is CCOC(=O)[C@@H](C)CN1CCOCC1. The number of carbonyl (C=O) groups is 1. The molecule has 1 aliphatic rings. The van der Waals surface area contributed by atoms with Gasteiger partial charge >= 0.3 is 5.97 Å². The highest BCUT2D eigenvalue weighted by atomic mass is 16.5. The summed E-state index contributed by atoms with van der Waals surface area (Å²) in [5, 5.41) is 0. The molecule has 0 N–H and O–H groups in total. The molecule has 1 aliphatic heterocycles. The third-order valence-electron chi connectivity index (χ3n) is 2.32. The van der Waals surface area contributed by atoms with E-state index in [0.29, 0.717) is 6.61 Å². The molecule has 82 valence electrons. The number of morpholine rings is 1. The maximum Gasteiger partial charge on any atom is 0.309 e. The summed E-state index contributed by atoms with van der Waals surface area (Å²) in [6.07, 6.45) is 0. The summed E-state index contributed by atoms with van der Waals surface area (Å²) < 4.78 is 10.2. The van der Waals surface area contributed by atoms with Crippen molar-refractivity contribution in [3.8, 4) is 0 Å². The molecule has 0 amide bonds. The van der Waals surface area contributed by atoms with Crippen LogP contribution in [-0.4, -0.2) is 50.3 Å². The van der Waals surface area contributed by atoms with Crippen molar-refractivity contribution in [3.05, 3.63) is 0 Å². The monoisotopic (exact) mass is 201 g/mol. The lowest BCUT2D eigenvalue weighted by Crippen LogP contribution is -2.40. The minimum absolute atomic E-state index is 0.0342. The van der Waals surface area contributed by atoms with Gasteiger partial charge in [0.05, 0.1) is 25.7 Å². The van der Waals surface area contributed by atoms with E-state index in [1.165, 1.54) is 0 Å². The van der Waals surface area contributed by atoms with E-state index in [4.69, 9.17) is 9.47 Å². The Morgan fingerprint density at radius 2 is 2.14 bits per heavy atom. The second kappa shape index (κ2) is 5.98. The predicted molar refractivity (Wildman–Crippen MR) is 53.1 cm³/mol. The summed E-state index contributed by atoms with van der Waals surface area (Å²) >= 11 is 0. The van der Waals surface area contributed by atoms with Crippen molar-refractivity contribution in [2.24, 2.45) is 5.92 Å². The molecule has 1 atom stereocenters. The predicted octanol–water partition coefficient (Wildman–Crippen LogP) is 0.518. The molecule has 1 fully saturated rings. The van der Waals surface area contributed by atoms with Crippen LogP contribution in [0.3, 0.4) is 0 Å². The molecule has 0 aliphatic carbocycles. The maximum absolute atomic E-state index is 11.3. The van der Waals surface area contributed by atoms with Gasteiger partial charge in [-0.25, -0.2) is 0 Å². The summed E-state index contributed by atoms with van der Waals surface area (Å²) in [6.45, 7) is 8.37. The molecular formula is C10H19NO3. The highest BCUT2D eigenvalue weighted by Gasteiger charge is 2.19. The van der Waals surface area contributed by atoms with Crippen LogP contribution in [0.2, 0.25) is 0 Å². The first-order valence-electron chi connectivity index (χ1n) is 5.20. The average Bonchev–Trinajstić information content (AvgIpc) is 2.19. The summed E-state index contributed by atoms with van der Waals surface area (Å²) in [6, 6.07) is 0. The van der Waals surface area contributed by atoms with E-state index < -0.39 is 0 Å². The largest absolute Gasteiger partial charge is 0.466 e. The number of ether oxygens (including phenoxy) is 2. The molecule has 14 heavy (non-hydrogen) atoms. The van der Waals surface area contributed by atoms with E-state index in [2.05, 4.69) is 4.90 Å². The first-order chi connectivity index (χ1) is 6.74. The molecule has 0 aromatic heterocycles. The lowest BCUT2D eigenvalue weighted by molar-refractivity contribution is -0.148. The molecular weight excluding hydrogens is 182 g/mol. The Bertz CT molecular complexity index is 178. The zero-order chi connectivity index (χ0) is 10.4. The van der Waals surface area contributed by atoms with E-state index in [9.17, 15) is 4.79 Å². The standard InChI is InChI=1S/C10H19NO3/c1-3-14-10(12)9(2)8-11-4-6-13-7-5-11/h9H,3-8H2,1-2H3/t9-/m0/s1. The second-order valence-corrected chi connectivity index (χ2v) is 3.57. The summed E-state index contributed by atoms with van der Waals surface area (Å²) in [7, 11) is 0. The molecule has 1 heterocycles. The molecule has 0 unspecified atom stereocenters. The molecule has 0 radical (unpaired) electrons. The Labute approximate surface area is 85.2 Å². The van der Waals surface area contributed by atoms with Gasteiger partial charge in [-0.1, -0.05) is 6.92 Å². The molecule has 0 bridgehead atoms. The van der Waals surface area contributed by atoms with Crippen LogP contribution >= 0.6 is 0 Å². The van der Waals surface area contributed by atoms with Gasteiger partial charge in [0.15, 0.2) is 0 Å². The van der Waals surface area contributed by atoms with Gasteiger partial charge in [-0.3, -0.25) is 9.69 Å². The van der Waals surface area contributed by atoms with Crippen LogP contribution in [-0.2, 0) is 14.3 Å². The summed E-state index contributed by atoms with van der Waals surface area (Å²) in [5.74, 6) is -0.132. The zero-order valence-electron chi connectivity index (χ0n) is 8.99. The quantitative estimate of drug-likeness (QED) is 0.621. The number of nitrogens with zero attached hydrogens (tertiary/aromatic N) is 1. The van der Waals surface area contributed by atoms with Gasteiger partial charge in [0.2, 0.25) is 0 Å². The first-order valence-corrected chi connectivity index (χ1v) is 5.20. The number of hydrogen-bond acceptors (Lipinski definition) is 4. The van der Waals surface area contributed by atoms with E-state index in [1.54, 1.807) is 0 Å². The van der Waals surface area contributed by atoms with Crippen LogP contribution in [0.15, 0.2) is 0 Å². The van der Waals surface area contributed by atoms with E-state index in [-0.39, 0.29) is 11.9 Å². The Hall–Kier alpha value is -0.610. The topological polar surface area (TPSA) is 38.8 Å². The highest BCUT2D eigenvalue weighted by Crippen LogP contribution is 2.05. The van der Waals surface area contributed by atoms with E-state index in [0.717, 1.165) is 32.8 Å². The minimum Gasteiger partial charge on any atom is -0.466 e. The lowest BCUT2D eigenvalue weighted by Gasteiger charge is -2.28. The third kappa shape index (κ3) is 3.64. The fourth-order valence-electron chi connectivity index (χ4n) is 1.53. The maximum atomic E-state index is 11.3. The molecule has 1 rings (SSSR count). The van der Waals surface area contributed by atoms with Crippen molar-refractivity contribution in [2.75, 3.05) is 39.5 Å². The molecule has 0 aromatic carbocycles. The fourth-order valence-corrected chi connectivity index (χ4v) is 1.53. The average molecular weight is 201 g/mol. The van der Waals surface area contributed by atoms with Crippen LogP contribution < -0.4 is 0 Å². The minimum atomic E-state index is -0.0982. The van der Waals surface area contributed by atoms with Crippen molar-refractivity contribution in [2.45, 2.75) is 13.8 Å². The number of esters is 1. The van der Waals surface area contributed by atoms with E-state index >= 15 is 0 Å². The molecule has 0 aromatic rings. The van der Waals surface area contributed by atoms with Gasteiger partial charge in [0.25, 0.3) is 0 Å². The smallest absolute Gasteiger partial charge is 0.309 e. The Kier molecular flexibility index (Phi) is 4.90. The van der Waals surface area contributed by atoms with Gasteiger partial charge in [0.1, 0.15) is 0 Å². The normalized spacial score (nSPS) is 20.4. The first kappa shape index (κ1) is 11.5. The van der Waals surface area contributed by atoms with Crippen molar-refractivity contribution in [1.29, 1.82) is 0 Å². The second-order valence-electron chi connectivity index (χ2n) is 3.57. The fraction of sp³-hybridized carbons (Fsp3) is 0.900. The third-order valence-corrected chi connectivity index (χ3v) is 2.32. The Morgan fingerprint density at radius 3 is 2.71 bits per heavy atom. The van der Waals surface area contributed by atoms with Crippen LogP contribution in [0.4, 0.5) is 0 Å². The van der Waals surface area contributed by atoms with Crippen LogP contribution in [0.25, 0.3) is 0 Å². The molecule has 1 saturated heterocycles. The van der Waals surface area contributed by atoms with Crippen LogP contribution in [0, 0.1) is 5.92 Å². The van der Waals surface area contributed by atoms with Crippen LogP contribution in [0.5, 0.6) is 0 Å². The van der Waals surface area contributed by atoms with Gasteiger partial charge in [-0.05, 0) is 6.92 Å². The Morgan fingerprint density at radius 1 is 1.50 bits per heavy atom. The van der Waals surface area contributed by atoms with Crippen molar-refractivity contribution >= 4 is 5.97 Å². The van der Waals surface area contributed by atoms with Crippen molar-refractivity contribution in [1.82, 2.24) is 4.90 Å². The van der Waals surface area contributed by atoms with Gasteiger partial charge in [-0.15, -0.1) is 0 Å². The summed E-state index contributed by atoms with van der Waals surface area (Å²) in [4.78, 5) is 13.6. The zero-order valence-corrected chi connectivity index (χ0v) is 8.99. The molecule has 4 heteroatoms. The van der Waals surface area contributed by atoms with Gasteiger partial charge < -0.3 is 9.47 Å². The summed E-state index contributed by atoms with van der Waals surface area (Å²) in [5.41, 5.74) is 0. The number of hydrogen-bond donors (Lipinski definition) is 0. The number of rotatable bonds is 4. The van der Waals surface area contributed by atoms with Crippen molar-refractivity contribution in [3.63, 3.8) is 0 Å². The van der Waals surface area contributed by atoms with Crippen LogP contribution in [0.1, 0.15) is 13.8 Å². The molecule has 4 nitrogen and oxygen atoms in total. The Balaban J connectivity index is 2.24. The van der Waals surface area contributed by atoms with Crippen molar-refractivity contribution < 1.29 is 14.3 Å². The highest BCUT2D eigenvalue weighted by molar-refractivity contribution is 5.72. The number of carbonyl (C=O) groups excluding carboxylic acids is 1. The van der Waals surface area contributed by atoms with Gasteiger partial charge in [-0.2, -0.15) is 0 Å². The molecule has 0 saturated carbocycles. The molecule has 0 spiro atoms. The lowest BCUT2D eigenvalue weighted by atomic mass is 10.1.